The Kier molecular flexibility index (Phi) is 6.53. The predicted molar refractivity (Wildman–Crippen MR) is 70.9 cm³/mol. The van der Waals surface area contributed by atoms with Gasteiger partial charge in [-0.1, -0.05) is 6.92 Å². The topological polar surface area (TPSA) is 123 Å². The summed E-state index contributed by atoms with van der Waals surface area (Å²) < 4.78 is 0. The van der Waals surface area contributed by atoms with E-state index in [1.54, 1.807) is 6.92 Å². The lowest BCUT2D eigenvalue weighted by Gasteiger charge is -2.26. The average Bonchev–Trinajstić information content (AvgIpc) is 2.50. The number of pyridine rings is 1. The number of nitrogens with one attached hydrogen (secondary N) is 1. The fourth-order valence-electron chi connectivity index (χ4n) is 1.62. The highest BCUT2D eigenvalue weighted by Crippen LogP contribution is 2.07. The highest BCUT2D eigenvalue weighted by atomic mass is 16.4. The van der Waals surface area contributed by atoms with Crippen LogP contribution in [0.4, 0.5) is 0 Å². The van der Waals surface area contributed by atoms with Crippen LogP contribution in [0.2, 0.25) is 0 Å². The fraction of sp³-hybridized carbons (Fsp3) is 0.538. The monoisotopic (exact) mass is 284 g/mol. The third-order valence-electron chi connectivity index (χ3n) is 2.97. The molecule has 20 heavy (non-hydrogen) atoms. The van der Waals surface area contributed by atoms with Crippen molar-refractivity contribution in [1.29, 1.82) is 0 Å². The Morgan fingerprint density at radius 1 is 1.15 bits per heavy atom. The van der Waals surface area contributed by atoms with Crippen LogP contribution in [0.5, 0.6) is 0 Å². The fourth-order valence-corrected chi connectivity index (χ4v) is 1.62. The first-order valence-corrected chi connectivity index (χ1v) is 6.37. The van der Waals surface area contributed by atoms with Gasteiger partial charge in [0.15, 0.2) is 0 Å². The van der Waals surface area contributed by atoms with Crippen molar-refractivity contribution in [3.8, 4) is 0 Å². The molecule has 0 saturated carbocycles. The van der Waals surface area contributed by atoms with E-state index < -0.39 is 30.3 Å². The molecule has 0 aliphatic rings. The van der Waals surface area contributed by atoms with Crippen LogP contribution in [0.25, 0.3) is 0 Å². The summed E-state index contributed by atoms with van der Waals surface area (Å²) >= 11 is 0. The number of aliphatic hydroxyl groups is 4. The van der Waals surface area contributed by atoms with E-state index in [0.29, 0.717) is 5.56 Å². The molecule has 0 radical (unpaired) electrons. The SMILES string of the molecule is CCC(O)C(O)C(O)C(O)CNC(=O)c1ccncc1. The quantitative estimate of drug-likeness (QED) is 0.422. The van der Waals surface area contributed by atoms with Gasteiger partial charge in [0.2, 0.25) is 0 Å². The molecule has 1 heterocycles. The minimum Gasteiger partial charge on any atom is -0.390 e. The van der Waals surface area contributed by atoms with E-state index in [1.165, 1.54) is 24.5 Å². The van der Waals surface area contributed by atoms with Gasteiger partial charge in [-0.25, -0.2) is 0 Å². The molecule has 0 aliphatic carbocycles. The summed E-state index contributed by atoms with van der Waals surface area (Å²) in [6.07, 6.45) is -2.35. The smallest absolute Gasteiger partial charge is 0.251 e. The van der Waals surface area contributed by atoms with E-state index in [2.05, 4.69) is 10.3 Å². The van der Waals surface area contributed by atoms with Crippen molar-refractivity contribution < 1.29 is 25.2 Å². The Morgan fingerprint density at radius 3 is 2.25 bits per heavy atom. The van der Waals surface area contributed by atoms with Crippen molar-refractivity contribution in [1.82, 2.24) is 10.3 Å². The van der Waals surface area contributed by atoms with Gasteiger partial charge < -0.3 is 25.7 Å². The zero-order chi connectivity index (χ0) is 15.1. The van der Waals surface area contributed by atoms with Gasteiger partial charge in [-0.2, -0.15) is 0 Å². The number of nitrogens with zero attached hydrogens (tertiary/aromatic N) is 1. The molecule has 0 saturated heterocycles. The van der Waals surface area contributed by atoms with E-state index in [0.717, 1.165) is 0 Å². The number of carbonyl (C=O) groups is 1. The van der Waals surface area contributed by atoms with Crippen LogP contribution in [0.1, 0.15) is 23.7 Å². The van der Waals surface area contributed by atoms with Crippen LogP contribution in [-0.2, 0) is 0 Å². The number of aromatic nitrogens is 1. The van der Waals surface area contributed by atoms with Crippen molar-refractivity contribution in [3.05, 3.63) is 30.1 Å². The summed E-state index contributed by atoms with van der Waals surface area (Å²) in [4.78, 5) is 15.5. The molecule has 0 fully saturated rings. The van der Waals surface area contributed by atoms with Gasteiger partial charge in [-0.3, -0.25) is 9.78 Å². The molecule has 112 valence electrons. The lowest BCUT2D eigenvalue weighted by molar-refractivity contribution is -0.103. The third kappa shape index (κ3) is 4.53. The molecule has 1 rings (SSSR count). The molecule has 1 amide bonds. The second-order valence-electron chi connectivity index (χ2n) is 4.47. The van der Waals surface area contributed by atoms with Crippen molar-refractivity contribution in [3.63, 3.8) is 0 Å². The van der Waals surface area contributed by atoms with E-state index in [9.17, 15) is 25.2 Å². The molecule has 0 aliphatic heterocycles. The van der Waals surface area contributed by atoms with Gasteiger partial charge in [0.25, 0.3) is 5.91 Å². The maximum Gasteiger partial charge on any atom is 0.251 e. The molecule has 1 aromatic heterocycles. The summed E-state index contributed by atoms with van der Waals surface area (Å²) in [7, 11) is 0. The van der Waals surface area contributed by atoms with E-state index >= 15 is 0 Å². The van der Waals surface area contributed by atoms with Gasteiger partial charge in [0, 0.05) is 24.5 Å². The Hall–Kier alpha value is -1.54. The summed E-state index contributed by atoms with van der Waals surface area (Å²) in [6.45, 7) is 1.40. The zero-order valence-corrected chi connectivity index (χ0v) is 11.2. The molecule has 0 aromatic carbocycles. The second-order valence-corrected chi connectivity index (χ2v) is 4.47. The number of carbonyl (C=O) groups excluding carboxylic acids is 1. The predicted octanol–water partition coefficient (Wildman–Crippen LogP) is -1.33. The Morgan fingerprint density at radius 2 is 1.70 bits per heavy atom. The molecular formula is C13H20N2O5. The maximum absolute atomic E-state index is 11.7. The van der Waals surface area contributed by atoms with E-state index in [4.69, 9.17) is 0 Å². The molecule has 0 bridgehead atoms. The van der Waals surface area contributed by atoms with E-state index in [-0.39, 0.29) is 13.0 Å². The Bertz CT molecular complexity index is 414. The van der Waals surface area contributed by atoms with Gasteiger partial charge in [0.1, 0.15) is 12.2 Å². The second kappa shape index (κ2) is 7.91. The summed E-state index contributed by atoms with van der Waals surface area (Å²) in [5, 5.41) is 40.7. The summed E-state index contributed by atoms with van der Waals surface area (Å²) in [5.41, 5.74) is 0.371. The highest BCUT2D eigenvalue weighted by molar-refractivity contribution is 5.93. The molecule has 7 heteroatoms. The van der Waals surface area contributed by atoms with Crippen LogP contribution in [0, 0.1) is 0 Å². The first kappa shape index (κ1) is 16.5. The standard InChI is InChI=1S/C13H20N2O5/c1-2-9(16)11(18)12(19)10(17)7-15-13(20)8-3-5-14-6-4-8/h3-6,9-12,16-19H,2,7H2,1H3,(H,15,20). The lowest BCUT2D eigenvalue weighted by atomic mass is 10.0. The molecule has 0 spiro atoms. The van der Waals surface area contributed by atoms with Gasteiger partial charge in [-0.15, -0.1) is 0 Å². The van der Waals surface area contributed by atoms with Gasteiger partial charge in [0.05, 0.1) is 12.2 Å². The molecule has 4 unspecified atom stereocenters. The highest BCUT2D eigenvalue weighted by Gasteiger charge is 2.29. The molecule has 4 atom stereocenters. The van der Waals surface area contributed by atoms with Gasteiger partial charge >= 0.3 is 0 Å². The Labute approximate surface area is 116 Å². The van der Waals surface area contributed by atoms with E-state index in [1.807, 2.05) is 0 Å². The van der Waals surface area contributed by atoms with Crippen molar-refractivity contribution in [2.24, 2.45) is 0 Å². The Balaban J connectivity index is 2.47. The maximum atomic E-state index is 11.7. The van der Waals surface area contributed by atoms with Crippen molar-refractivity contribution in [2.45, 2.75) is 37.8 Å². The van der Waals surface area contributed by atoms with Crippen LogP contribution in [-0.4, -0.2) is 62.3 Å². The zero-order valence-electron chi connectivity index (χ0n) is 11.2. The molecular weight excluding hydrogens is 264 g/mol. The van der Waals surface area contributed by atoms with Crippen LogP contribution in [0.3, 0.4) is 0 Å². The first-order valence-electron chi connectivity index (χ1n) is 6.37. The number of amides is 1. The van der Waals surface area contributed by atoms with Crippen LogP contribution in [0.15, 0.2) is 24.5 Å². The van der Waals surface area contributed by atoms with Gasteiger partial charge in [-0.05, 0) is 18.6 Å². The van der Waals surface area contributed by atoms with Crippen molar-refractivity contribution >= 4 is 5.91 Å². The minimum absolute atomic E-state index is 0.240. The first-order chi connectivity index (χ1) is 9.47. The number of rotatable bonds is 7. The number of hydrogen-bond acceptors (Lipinski definition) is 6. The average molecular weight is 284 g/mol. The normalized spacial score (nSPS) is 17.1. The summed E-state index contributed by atoms with van der Waals surface area (Å²) in [5.74, 6) is -0.427. The summed E-state index contributed by atoms with van der Waals surface area (Å²) in [6, 6.07) is 3.02. The van der Waals surface area contributed by atoms with Crippen LogP contribution < -0.4 is 5.32 Å². The van der Waals surface area contributed by atoms with Crippen LogP contribution >= 0.6 is 0 Å². The lowest BCUT2D eigenvalue weighted by Crippen LogP contribution is -2.48. The largest absolute Gasteiger partial charge is 0.390 e. The number of aliphatic hydroxyl groups excluding tert-OH is 4. The minimum atomic E-state index is -1.54. The molecule has 5 N–H and O–H groups in total. The third-order valence-corrected chi connectivity index (χ3v) is 2.97. The molecule has 7 nitrogen and oxygen atoms in total. The molecule has 1 aromatic rings. The van der Waals surface area contributed by atoms with Crippen molar-refractivity contribution in [2.75, 3.05) is 6.54 Å². The number of hydrogen-bond donors (Lipinski definition) is 5.